The fraction of sp³-hybridized carbons (Fsp3) is 0.143. The lowest BCUT2D eigenvalue weighted by atomic mass is 10.1. The lowest BCUT2D eigenvalue weighted by Crippen LogP contribution is -2.03. The summed E-state index contributed by atoms with van der Waals surface area (Å²) in [5, 5.41) is 10.2. The number of nitrogens with zero attached hydrogens (tertiary/aromatic N) is 5. The molecule has 0 radical (unpaired) electrons. The molecular weight excluding hydrogens is 390 g/mol. The highest BCUT2D eigenvalue weighted by Crippen LogP contribution is 2.30. The zero-order valence-corrected chi connectivity index (χ0v) is 17.1. The first-order valence-corrected chi connectivity index (χ1v) is 10.2. The van der Waals surface area contributed by atoms with Crippen molar-refractivity contribution >= 4 is 23.4 Å². The first kappa shape index (κ1) is 18.7. The van der Waals surface area contributed by atoms with Gasteiger partial charge in [0.2, 0.25) is 0 Å². The Balaban J connectivity index is 1.77. The molecule has 5 nitrogen and oxygen atoms in total. The minimum atomic E-state index is 0.489. The number of hydrogen-bond donors (Lipinski definition) is 0. The van der Waals surface area contributed by atoms with Gasteiger partial charge in [-0.1, -0.05) is 47.1 Å². The van der Waals surface area contributed by atoms with Crippen molar-refractivity contribution in [3.8, 4) is 17.2 Å². The fourth-order valence-electron chi connectivity index (χ4n) is 2.98. The zero-order valence-electron chi connectivity index (χ0n) is 15.5. The van der Waals surface area contributed by atoms with Crippen LogP contribution in [0.3, 0.4) is 0 Å². The van der Waals surface area contributed by atoms with Gasteiger partial charge in [0, 0.05) is 18.1 Å². The Morgan fingerprint density at radius 1 is 0.964 bits per heavy atom. The van der Waals surface area contributed by atoms with Gasteiger partial charge in [0.15, 0.2) is 11.0 Å². The summed E-state index contributed by atoms with van der Waals surface area (Å²) in [6.07, 6.45) is 3.48. The van der Waals surface area contributed by atoms with Crippen LogP contribution in [0.25, 0.3) is 17.2 Å². The van der Waals surface area contributed by atoms with E-state index in [9.17, 15) is 0 Å². The summed E-state index contributed by atoms with van der Waals surface area (Å²) in [5.41, 5.74) is 5.29. The molecule has 0 saturated heterocycles. The van der Waals surface area contributed by atoms with Crippen LogP contribution in [-0.4, -0.2) is 24.7 Å². The Bertz CT molecular complexity index is 1110. The predicted octanol–water partition coefficient (Wildman–Crippen LogP) is 5.29. The monoisotopic (exact) mass is 407 g/mol. The smallest absolute Gasteiger partial charge is 0.196 e. The summed E-state index contributed by atoms with van der Waals surface area (Å²) in [7, 11) is 0. The van der Waals surface area contributed by atoms with Crippen LogP contribution in [0.4, 0.5) is 0 Å². The second-order valence-corrected chi connectivity index (χ2v) is 7.75. The van der Waals surface area contributed by atoms with Crippen molar-refractivity contribution in [2.24, 2.45) is 0 Å². The molecule has 3 aromatic heterocycles. The van der Waals surface area contributed by atoms with Crippen LogP contribution in [0.2, 0.25) is 5.15 Å². The second kappa shape index (κ2) is 8.12. The lowest BCUT2D eigenvalue weighted by Gasteiger charge is -2.13. The maximum atomic E-state index is 6.01. The third-order valence-electron chi connectivity index (χ3n) is 4.28. The molecular formula is C21H18ClN5S. The molecule has 0 bridgehead atoms. The Labute approximate surface area is 172 Å². The number of thioether (sulfide) groups is 1. The quantitative estimate of drug-likeness (QED) is 0.332. The van der Waals surface area contributed by atoms with Crippen molar-refractivity contribution in [3.63, 3.8) is 0 Å². The van der Waals surface area contributed by atoms with Crippen molar-refractivity contribution in [3.05, 3.63) is 82.8 Å². The van der Waals surface area contributed by atoms with Gasteiger partial charge in [0.25, 0.3) is 0 Å². The van der Waals surface area contributed by atoms with Gasteiger partial charge in [-0.2, -0.15) is 0 Å². The molecule has 4 rings (SSSR count). The van der Waals surface area contributed by atoms with Crippen LogP contribution in [0.5, 0.6) is 0 Å². The van der Waals surface area contributed by atoms with Gasteiger partial charge in [-0.05, 0) is 55.3 Å². The minimum Gasteiger partial charge on any atom is -0.268 e. The average molecular weight is 408 g/mol. The number of benzene rings is 1. The van der Waals surface area contributed by atoms with Crippen molar-refractivity contribution < 1.29 is 0 Å². The fourth-order valence-corrected chi connectivity index (χ4v) is 4.06. The summed E-state index contributed by atoms with van der Waals surface area (Å²) >= 11 is 7.62. The number of pyridine rings is 2. The number of aromatic nitrogens is 5. The molecule has 0 spiro atoms. The second-order valence-electron chi connectivity index (χ2n) is 6.42. The average Bonchev–Trinajstić information content (AvgIpc) is 3.11. The Morgan fingerprint density at radius 3 is 2.61 bits per heavy atom. The predicted molar refractivity (Wildman–Crippen MR) is 113 cm³/mol. The molecule has 0 saturated carbocycles. The summed E-state index contributed by atoms with van der Waals surface area (Å²) in [6.45, 7) is 4.19. The Hall–Kier alpha value is -2.70. The van der Waals surface area contributed by atoms with Crippen molar-refractivity contribution in [1.82, 2.24) is 24.7 Å². The molecule has 0 atom stereocenters. The van der Waals surface area contributed by atoms with Crippen molar-refractivity contribution in [2.45, 2.75) is 24.8 Å². The van der Waals surface area contributed by atoms with E-state index >= 15 is 0 Å². The largest absolute Gasteiger partial charge is 0.268 e. The Morgan fingerprint density at radius 2 is 1.86 bits per heavy atom. The lowest BCUT2D eigenvalue weighted by molar-refractivity contribution is 0.878. The maximum absolute atomic E-state index is 6.01. The standard InChI is InChI=1S/C21H18ClN5S/c1-14-6-7-18(15(2)11-14)27-20(17-5-3-4-9-23-17)25-26-21(27)28-13-16-8-10-24-19(22)12-16/h3-12H,13H2,1-2H3. The van der Waals surface area contributed by atoms with Crippen molar-refractivity contribution in [2.75, 3.05) is 0 Å². The van der Waals surface area contributed by atoms with Crippen LogP contribution in [0.1, 0.15) is 16.7 Å². The van der Waals surface area contributed by atoms with Gasteiger partial charge >= 0.3 is 0 Å². The van der Waals surface area contributed by atoms with E-state index < -0.39 is 0 Å². The van der Waals surface area contributed by atoms with Crippen LogP contribution in [0.15, 0.2) is 66.1 Å². The number of halogens is 1. The SMILES string of the molecule is Cc1ccc(-n2c(SCc3ccnc(Cl)c3)nnc2-c2ccccn2)c(C)c1. The topological polar surface area (TPSA) is 56.5 Å². The normalized spacial score (nSPS) is 11.0. The van der Waals surface area contributed by atoms with E-state index in [0.717, 1.165) is 33.5 Å². The van der Waals surface area contributed by atoms with Gasteiger partial charge in [0.1, 0.15) is 10.8 Å². The van der Waals surface area contributed by atoms with Crippen LogP contribution < -0.4 is 0 Å². The number of hydrogen-bond acceptors (Lipinski definition) is 5. The van der Waals surface area contributed by atoms with Gasteiger partial charge in [-0.15, -0.1) is 10.2 Å². The van der Waals surface area contributed by atoms with E-state index in [1.807, 2.05) is 30.3 Å². The molecule has 140 valence electrons. The first-order chi connectivity index (χ1) is 13.6. The highest BCUT2D eigenvalue weighted by molar-refractivity contribution is 7.98. The molecule has 0 amide bonds. The Kier molecular flexibility index (Phi) is 5.41. The van der Waals surface area contributed by atoms with Crippen molar-refractivity contribution in [1.29, 1.82) is 0 Å². The highest BCUT2D eigenvalue weighted by Gasteiger charge is 2.18. The van der Waals surface area contributed by atoms with E-state index in [1.54, 1.807) is 24.2 Å². The number of aryl methyl sites for hydroxylation is 2. The maximum Gasteiger partial charge on any atom is 0.196 e. The van der Waals surface area contributed by atoms with Crippen LogP contribution >= 0.6 is 23.4 Å². The molecule has 0 aliphatic rings. The minimum absolute atomic E-state index is 0.489. The third kappa shape index (κ3) is 3.93. The summed E-state index contributed by atoms with van der Waals surface area (Å²) in [4.78, 5) is 8.51. The molecule has 0 aliphatic heterocycles. The number of rotatable bonds is 5. The van der Waals surface area contributed by atoms with E-state index in [0.29, 0.717) is 10.9 Å². The van der Waals surface area contributed by atoms with Gasteiger partial charge < -0.3 is 0 Å². The zero-order chi connectivity index (χ0) is 19.5. The molecule has 7 heteroatoms. The van der Waals surface area contributed by atoms with E-state index in [4.69, 9.17) is 11.6 Å². The summed E-state index contributed by atoms with van der Waals surface area (Å²) in [5.74, 6) is 1.44. The van der Waals surface area contributed by atoms with E-state index in [2.05, 4.69) is 56.8 Å². The van der Waals surface area contributed by atoms with Crippen LogP contribution in [-0.2, 0) is 5.75 Å². The molecule has 3 heterocycles. The molecule has 28 heavy (non-hydrogen) atoms. The molecule has 1 aromatic carbocycles. The highest BCUT2D eigenvalue weighted by atomic mass is 35.5. The van der Waals surface area contributed by atoms with E-state index in [1.165, 1.54) is 5.56 Å². The molecule has 0 unspecified atom stereocenters. The first-order valence-electron chi connectivity index (χ1n) is 8.79. The summed E-state index contributed by atoms with van der Waals surface area (Å²) in [6, 6.07) is 16.0. The molecule has 0 fully saturated rings. The molecule has 0 N–H and O–H groups in total. The van der Waals surface area contributed by atoms with Gasteiger partial charge in [0.05, 0.1) is 5.69 Å². The van der Waals surface area contributed by atoms with Crippen LogP contribution in [0, 0.1) is 13.8 Å². The summed E-state index contributed by atoms with van der Waals surface area (Å²) < 4.78 is 2.07. The van der Waals surface area contributed by atoms with Gasteiger partial charge in [-0.25, -0.2) is 4.98 Å². The van der Waals surface area contributed by atoms with Gasteiger partial charge in [-0.3, -0.25) is 9.55 Å². The van der Waals surface area contributed by atoms with E-state index in [-0.39, 0.29) is 0 Å². The third-order valence-corrected chi connectivity index (χ3v) is 5.49. The molecule has 0 aliphatic carbocycles. The molecule has 4 aromatic rings.